The predicted octanol–water partition coefficient (Wildman–Crippen LogP) is 2.78. The predicted molar refractivity (Wildman–Crippen MR) is 77.0 cm³/mol. The van der Waals surface area contributed by atoms with Crippen molar-refractivity contribution < 1.29 is 9.53 Å². The Morgan fingerprint density at radius 2 is 2.30 bits per heavy atom. The van der Waals surface area contributed by atoms with Crippen LogP contribution in [-0.4, -0.2) is 22.0 Å². The summed E-state index contributed by atoms with van der Waals surface area (Å²) in [6.07, 6.45) is 3.33. The fourth-order valence-corrected chi connectivity index (χ4v) is 1.77. The highest BCUT2D eigenvalue weighted by atomic mass is 35.5. The quantitative estimate of drug-likeness (QED) is 0.891. The van der Waals surface area contributed by atoms with Gasteiger partial charge in [0.15, 0.2) is 0 Å². The van der Waals surface area contributed by atoms with Crippen LogP contribution in [0.4, 0.5) is 0 Å². The molecule has 0 spiro atoms. The van der Waals surface area contributed by atoms with Gasteiger partial charge in [0, 0.05) is 25.0 Å². The third-order valence-corrected chi connectivity index (χ3v) is 2.72. The number of carbonyl (C=O) groups excluding carboxylic acids is 1. The van der Waals surface area contributed by atoms with Gasteiger partial charge in [0.1, 0.15) is 5.69 Å². The van der Waals surface area contributed by atoms with Gasteiger partial charge in [-0.15, -0.1) is 0 Å². The van der Waals surface area contributed by atoms with Crippen LogP contribution in [0, 0.1) is 0 Å². The second-order valence-corrected chi connectivity index (χ2v) is 5.02. The van der Waals surface area contributed by atoms with Crippen LogP contribution in [0.3, 0.4) is 0 Å². The van der Waals surface area contributed by atoms with E-state index in [0.717, 1.165) is 5.56 Å². The summed E-state index contributed by atoms with van der Waals surface area (Å²) in [7, 11) is 0. The summed E-state index contributed by atoms with van der Waals surface area (Å²) in [4.78, 5) is 18.8. The average Bonchev–Trinajstić information content (AvgIpc) is 2.84. The van der Waals surface area contributed by atoms with Crippen molar-refractivity contribution in [1.82, 2.24) is 15.3 Å². The number of nitrogens with one attached hydrogen (secondary N) is 2. The maximum atomic E-state index is 11.8. The average molecular weight is 294 g/mol. The number of halogens is 1. The fraction of sp³-hybridized carbons (Fsp3) is 0.286. The minimum Gasteiger partial charge on any atom is -0.475 e. The number of amides is 1. The number of hydrogen-bond acceptors (Lipinski definition) is 3. The molecule has 0 bridgehead atoms. The van der Waals surface area contributed by atoms with Crippen molar-refractivity contribution in [3.05, 3.63) is 46.9 Å². The van der Waals surface area contributed by atoms with Crippen LogP contribution in [0.25, 0.3) is 0 Å². The van der Waals surface area contributed by atoms with Crippen LogP contribution >= 0.6 is 11.6 Å². The Labute approximate surface area is 122 Å². The molecule has 106 valence electrons. The van der Waals surface area contributed by atoms with Crippen molar-refractivity contribution in [3.63, 3.8) is 0 Å². The van der Waals surface area contributed by atoms with Crippen LogP contribution in [-0.2, 0) is 6.54 Å². The molecule has 1 amide bonds. The summed E-state index contributed by atoms with van der Waals surface area (Å²) in [5.41, 5.74) is 1.33. The van der Waals surface area contributed by atoms with Gasteiger partial charge in [-0.25, -0.2) is 4.98 Å². The first kappa shape index (κ1) is 14.4. The van der Waals surface area contributed by atoms with E-state index < -0.39 is 0 Å². The minimum atomic E-state index is -0.209. The molecule has 6 heteroatoms. The Morgan fingerprint density at radius 3 is 2.85 bits per heavy atom. The Balaban J connectivity index is 1.89. The van der Waals surface area contributed by atoms with Gasteiger partial charge in [0.25, 0.3) is 5.91 Å². The number of ether oxygens (including phenoxy) is 1. The molecular weight excluding hydrogens is 278 g/mol. The third-order valence-electron chi connectivity index (χ3n) is 2.50. The molecule has 0 fully saturated rings. The summed E-state index contributed by atoms with van der Waals surface area (Å²) < 4.78 is 5.45. The summed E-state index contributed by atoms with van der Waals surface area (Å²) in [5, 5.41) is 3.29. The number of hydrogen-bond donors (Lipinski definition) is 2. The van der Waals surface area contributed by atoms with E-state index in [0.29, 0.717) is 23.1 Å². The van der Waals surface area contributed by atoms with E-state index in [1.54, 1.807) is 24.5 Å². The Kier molecular flexibility index (Phi) is 4.63. The van der Waals surface area contributed by atoms with Crippen LogP contribution in [0.2, 0.25) is 5.02 Å². The molecule has 0 saturated heterocycles. The minimum absolute atomic E-state index is 0.0886. The van der Waals surface area contributed by atoms with Crippen molar-refractivity contribution >= 4 is 17.5 Å². The topological polar surface area (TPSA) is 67.0 Å². The SMILES string of the molecule is CC(C)Oc1ccc(CNC(=O)c2cc(Cl)c[nH]2)cn1. The van der Waals surface area contributed by atoms with E-state index in [2.05, 4.69) is 15.3 Å². The second kappa shape index (κ2) is 6.43. The first-order valence-corrected chi connectivity index (χ1v) is 6.66. The zero-order chi connectivity index (χ0) is 14.5. The number of H-pyrrole nitrogens is 1. The van der Waals surface area contributed by atoms with Gasteiger partial charge in [0.05, 0.1) is 11.1 Å². The third kappa shape index (κ3) is 3.99. The lowest BCUT2D eigenvalue weighted by Gasteiger charge is -2.09. The van der Waals surface area contributed by atoms with Gasteiger partial charge < -0.3 is 15.0 Å². The standard InChI is InChI=1S/C14H16ClN3O2/c1-9(2)20-13-4-3-10(6-17-13)7-18-14(19)12-5-11(15)8-16-12/h3-6,8-9,16H,7H2,1-2H3,(H,18,19). The highest BCUT2D eigenvalue weighted by Gasteiger charge is 2.07. The largest absolute Gasteiger partial charge is 0.475 e. The van der Waals surface area contributed by atoms with E-state index in [1.807, 2.05) is 19.9 Å². The van der Waals surface area contributed by atoms with Gasteiger partial charge in [-0.2, -0.15) is 0 Å². The zero-order valence-corrected chi connectivity index (χ0v) is 12.1. The molecule has 0 aliphatic carbocycles. The molecule has 0 radical (unpaired) electrons. The van der Waals surface area contributed by atoms with Crippen LogP contribution in [0.15, 0.2) is 30.6 Å². The van der Waals surface area contributed by atoms with Gasteiger partial charge in [0.2, 0.25) is 5.88 Å². The molecule has 20 heavy (non-hydrogen) atoms. The Hall–Kier alpha value is -2.01. The molecule has 0 aliphatic heterocycles. The summed E-state index contributed by atoms with van der Waals surface area (Å²) >= 11 is 5.75. The molecule has 2 rings (SSSR count). The Morgan fingerprint density at radius 1 is 1.50 bits per heavy atom. The first-order chi connectivity index (χ1) is 9.54. The smallest absolute Gasteiger partial charge is 0.268 e. The lowest BCUT2D eigenvalue weighted by molar-refractivity contribution is 0.0946. The maximum absolute atomic E-state index is 11.8. The highest BCUT2D eigenvalue weighted by molar-refractivity contribution is 6.30. The summed E-state index contributed by atoms with van der Waals surface area (Å²) in [6, 6.07) is 5.23. The van der Waals surface area contributed by atoms with Crippen molar-refractivity contribution in [1.29, 1.82) is 0 Å². The van der Waals surface area contributed by atoms with Crippen molar-refractivity contribution in [3.8, 4) is 5.88 Å². The molecule has 2 aromatic heterocycles. The molecule has 2 N–H and O–H groups in total. The van der Waals surface area contributed by atoms with Gasteiger partial charge in [-0.3, -0.25) is 4.79 Å². The van der Waals surface area contributed by atoms with E-state index in [4.69, 9.17) is 16.3 Å². The van der Waals surface area contributed by atoms with E-state index in [1.165, 1.54) is 0 Å². The number of carbonyl (C=O) groups is 1. The summed E-state index contributed by atoms with van der Waals surface area (Å²) in [5.74, 6) is 0.366. The van der Waals surface area contributed by atoms with Gasteiger partial charge in [-0.05, 0) is 25.5 Å². The monoisotopic (exact) mass is 293 g/mol. The molecule has 2 aromatic rings. The number of aromatic nitrogens is 2. The number of aromatic amines is 1. The van der Waals surface area contributed by atoms with Crippen LogP contribution < -0.4 is 10.1 Å². The van der Waals surface area contributed by atoms with Gasteiger partial charge >= 0.3 is 0 Å². The lowest BCUT2D eigenvalue weighted by Crippen LogP contribution is -2.23. The second-order valence-electron chi connectivity index (χ2n) is 4.59. The number of rotatable bonds is 5. The van der Waals surface area contributed by atoms with Crippen molar-refractivity contribution in [2.75, 3.05) is 0 Å². The van der Waals surface area contributed by atoms with Gasteiger partial charge in [-0.1, -0.05) is 17.7 Å². The molecule has 0 unspecified atom stereocenters. The molecule has 2 heterocycles. The van der Waals surface area contributed by atoms with E-state index in [9.17, 15) is 4.79 Å². The lowest BCUT2D eigenvalue weighted by atomic mass is 10.3. The summed E-state index contributed by atoms with van der Waals surface area (Å²) in [6.45, 7) is 4.28. The molecule has 0 aliphatic rings. The fourth-order valence-electron chi connectivity index (χ4n) is 1.60. The normalized spacial score (nSPS) is 10.6. The van der Waals surface area contributed by atoms with Crippen molar-refractivity contribution in [2.24, 2.45) is 0 Å². The molecule has 5 nitrogen and oxygen atoms in total. The number of pyridine rings is 1. The molecular formula is C14H16ClN3O2. The van der Waals surface area contributed by atoms with Crippen molar-refractivity contribution in [2.45, 2.75) is 26.5 Å². The zero-order valence-electron chi connectivity index (χ0n) is 11.3. The Bertz CT molecular complexity index is 578. The van der Waals surface area contributed by atoms with Crippen LogP contribution in [0.5, 0.6) is 5.88 Å². The van der Waals surface area contributed by atoms with Crippen LogP contribution in [0.1, 0.15) is 29.9 Å². The molecule has 0 aromatic carbocycles. The van der Waals surface area contributed by atoms with E-state index >= 15 is 0 Å². The highest BCUT2D eigenvalue weighted by Crippen LogP contribution is 2.11. The molecule has 0 atom stereocenters. The number of nitrogens with zero attached hydrogens (tertiary/aromatic N) is 1. The molecule has 0 saturated carbocycles. The van der Waals surface area contributed by atoms with E-state index in [-0.39, 0.29) is 12.0 Å². The maximum Gasteiger partial charge on any atom is 0.268 e. The first-order valence-electron chi connectivity index (χ1n) is 6.28.